The van der Waals surface area contributed by atoms with Gasteiger partial charge in [-0.3, -0.25) is 4.79 Å². The standard InChI is InChI=1S/C12H14N2O/c1-2-12(15)14-8-4-5-9-10(13)6-3-7-11(9)14/h2-3,6-7H,1,4-5,8,13H2. The predicted octanol–water partition coefficient (Wildman–Crippen LogP) is 1.73. The molecule has 0 aliphatic carbocycles. The van der Waals surface area contributed by atoms with Gasteiger partial charge in [0.25, 0.3) is 0 Å². The van der Waals surface area contributed by atoms with Crippen LogP contribution in [0, 0.1) is 0 Å². The average Bonchev–Trinajstić information content (AvgIpc) is 2.28. The van der Waals surface area contributed by atoms with Crippen LogP contribution in [0.1, 0.15) is 12.0 Å². The van der Waals surface area contributed by atoms with Crippen molar-refractivity contribution in [1.29, 1.82) is 0 Å². The van der Waals surface area contributed by atoms with Crippen molar-refractivity contribution >= 4 is 17.3 Å². The van der Waals surface area contributed by atoms with Crippen LogP contribution in [0.5, 0.6) is 0 Å². The van der Waals surface area contributed by atoms with Gasteiger partial charge in [0.2, 0.25) is 5.91 Å². The third-order valence-electron chi connectivity index (χ3n) is 2.73. The Bertz CT molecular complexity index is 412. The summed E-state index contributed by atoms with van der Waals surface area (Å²) < 4.78 is 0. The van der Waals surface area contributed by atoms with E-state index in [2.05, 4.69) is 6.58 Å². The molecule has 0 unspecified atom stereocenters. The second-order valence-electron chi connectivity index (χ2n) is 3.64. The number of benzene rings is 1. The van der Waals surface area contributed by atoms with E-state index in [9.17, 15) is 4.79 Å². The minimum Gasteiger partial charge on any atom is -0.398 e. The summed E-state index contributed by atoms with van der Waals surface area (Å²) in [6.45, 7) is 4.26. The minimum absolute atomic E-state index is 0.0541. The fraction of sp³-hybridized carbons (Fsp3) is 0.250. The first-order valence-corrected chi connectivity index (χ1v) is 5.05. The molecule has 15 heavy (non-hydrogen) atoms. The first-order chi connectivity index (χ1) is 7.24. The van der Waals surface area contributed by atoms with Crippen LogP contribution in [0.3, 0.4) is 0 Å². The zero-order valence-corrected chi connectivity index (χ0v) is 8.57. The Labute approximate surface area is 89.2 Å². The Hall–Kier alpha value is -1.77. The van der Waals surface area contributed by atoms with E-state index in [0.717, 1.165) is 36.3 Å². The summed E-state index contributed by atoms with van der Waals surface area (Å²) in [4.78, 5) is 13.3. The molecular weight excluding hydrogens is 188 g/mol. The molecule has 0 saturated heterocycles. The molecule has 0 radical (unpaired) electrons. The summed E-state index contributed by atoms with van der Waals surface area (Å²) in [5.41, 5.74) is 8.67. The highest BCUT2D eigenvalue weighted by molar-refractivity contribution is 6.02. The molecular formula is C12H14N2O. The van der Waals surface area contributed by atoms with Crippen molar-refractivity contribution < 1.29 is 4.79 Å². The summed E-state index contributed by atoms with van der Waals surface area (Å²) in [5, 5.41) is 0. The molecule has 0 atom stereocenters. The number of amides is 1. The number of hydrogen-bond acceptors (Lipinski definition) is 2. The summed E-state index contributed by atoms with van der Waals surface area (Å²) in [6, 6.07) is 5.69. The summed E-state index contributed by atoms with van der Waals surface area (Å²) in [5.74, 6) is -0.0541. The lowest BCUT2D eigenvalue weighted by atomic mass is 10.00. The van der Waals surface area contributed by atoms with Gasteiger partial charge in [-0.1, -0.05) is 12.6 Å². The van der Waals surface area contributed by atoms with E-state index in [1.807, 2.05) is 18.2 Å². The van der Waals surface area contributed by atoms with Crippen molar-refractivity contribution in [2.75, 3.05) is 17.2 Å². The fourth-order valence-electron chi connectivity index (χ4n) is 1.99. The van der Waals surface area contributed by atoms with Crippen molar-refractivity contribution in [1.82, 2.24) is 0 Å². The minimum atomic E-state index is -0.0541. The molecule has 0 aromatic heterocycles. The van der Waals surface area contributed by atoms with Crippen LogP contribution in [0.2, 0.25) is 0 Å². The number of hydrogen-bond donors (Lipinski definition) is 1. The summed E-state index contributed by atoms with van der Waals surface area (Å²) in [6.07, 6.45) is 3.25. The average molecular weight is 202 g/mol. The van der Waals surface area contributed by atoms with Gasteiger partial charge in [-0.25, -0.2) is 0 Å². The van der Waals surface area contributed by atoms with E-state index in [1.165, 1.54) is 6.08 Å². The van der Waals surface area contributed by atoms with Crippen LogP contribution in [-0.4, -0.2) is 12.5 Å². The number of rotatable bonds is 1. The van der Waals surface area contributed by atoms with Crippen LogP contribution >= 0.6 is 0 Å². The Morgan fingerprint density at radius 1 is 1.53 bits per heavy atom. The molecule has 1 amide bonds. The van der Waals surface area contributed by atoms with Crippen molar-refractivity contribution in [3.63, 3.8) is 0 Å². The molecule has 1 aromatic carbocycles. The largest absolute Gasteiger partial charge is 0.398 e. The zero-order valence-electron chi connectivity index (χ0n) is 8.57. The normalized spacial score (nSPS) is 14.5. The van der Waals surface area contributed by atoms with E-state index in [4.69, 9.17) is 5.73 Å². The van der Waals surface area contributed by atoms with E-state index >= 15 is 0 Å². The zero-order chi connectivity index (χ0) is 10.8. The monoisotopic (exact) mass is 202 g/mol. The topological polar surface area (TPSA) is 46.3 Å². The molecule has 1 aliphatic heterocycles. The number of nitrogens with two attached hydrogens (primary N) is 1. The molecule has 0 saturated carbocycles. The maximum absolute atomic E-state index is 11.6. The maximum atomic E-state index is 11.6. The third kappa shape index (κ3) is 1.61. The van der Waals surface area contributed by atoms with E-state index in [0.29, 0.717) is 0 Å². The molecule has 78 valence electrons. The van der Waals surface area contributed by atoms with Crippen molar-refractivity contribution in [3.05, 3.63) is 36.4 Å². The summed E-state index contributed by atoms with van der Waals surface area (Å²) in [7, 11) is 0. The Morgan fingerprint density at radius 3 is 3.07 bits per heavy atom. The van der Waals surface area contributed by atoms with Gasteiger partial charge in [0.15, 0.2) is 0 Å². The molecule has 1 heterocycles. The van der Waals surface area contributed by atoms with Gasteiger partial charge >= 0.3 is 0 Å². The van der Waals surface area contributed by atoms with E-state index < -0.39 is 0 Å². The predicted molar refractivity (Wildman–Crippen MR) is 61.7 cm³/mol. The van der Waals surface area contributed by atoms with Crippen LogP contribution in [0.25, 0.3) is 0 Å². The molecule has 0 fully saturated rings. The molecule has 2 rings (SSSR count). The lowest BCUT2D eigenvalue weighted by Crippen LogP contribution is -2.34. The maximum Gasteiger partial charge on any atom is 0.250 e. The van der Waals surface area contributed by atoms with Crippen LogP contribution in [0.15, 0.2) is 30.9 Å². The molecule has 1 aromatic rings. The lowest BCUT2D eigenvalue weighted by molar-refractivity contribution is -0.114. The van der Waals surface area contributed by atoms with Gasteiger partial charge < -0.3 is 10.6 Å². The lowest BCUT2D eigenvalue weighted by Gasteiger charge is -2.29. The van der Waals surface area contributed by atoms with Crippen LogP contribution < -0.4 is 10.6 Å². The van der Waals surface area contributed by atoms with Gasteiger partial charge in [-0.05, 0) is 36.6 Å². The van der Waals surface area contributed by atoms with Crippen molar-refractivity contribution in [3.8, 4) is 0 Å². The number of nitrogens with zero attached hydrogens (tertiary/aromatic N) is 1. The van der Waals surface area contributed by atoms with Crippen molar-refractivity contribution in [2.24, 2.45) is 0 Å². The Kier molecular flexibility index (Phi) is 2.46. The fourth-order valence-corrected chi connectivity index (χ4v) is 1.99. The molecule has 2 N–H and O–H groups in total. The van der Waals surface area contributed by atoms with Gasteiger partial charge in [-0.15, -0.1) is 0 Å². The molecule has 0 spiro atoms. The first kappa shape index (κ1) is 9.77. The van der Waals surface area contributed by atoms with Crippen LogP contribution in [0.4, 0.5) is 11.4 Å². The highest BCUT2D eigenvalue weighted by Gasteiger charge is 2.21. The third-order valence-corrected chi connectivity index (χ3v) is 2.73. The highest BCUT2D eigenvalue weighted by Crippen LogP contribution is 2.31. The number of nitrogen functional groups attached to an aromatic ring is 1. The van der Waals surface area contributed by atoms with Gasteiger partial charge in [0.05, 0.1) is 0 Å². The SMILES string of the molecule is C=CC(=O)N1CCCc2c(N)cccc21. The van der Waals surface area contributed by atoms with E-state index in [-0.39, 0.29) is 5.91 Å². The molecule has 1 aliphatic rings. The summed E-state index contributed by atoms with van der Waals surface area (Å²) >= 11 is 0. The highest BCUT2D eigenvalue weighted by atomic mass is 16.2. The Balaban J connectivity index is 2.47. The first-order valence-electron chi connectivity index (χ1n) is 5.05. The molecule has 0 bridgehead atoms. The number of anilines is 2. The molecule has 3 heteroatoms. The Morgan fingerprint density at radius 2 is 2.33 bits per heavy atom. The van der Waals surface area contributed by atoms with Crippen molar-refractivity contribution in [2.45, 2.75) is 12.8 Å². The number of carbonyl (C=O) groups excluding carboxylic acids is 1. The number of fused-ring (bicyclic) bond motifs is 1. The molecule has 3 nitrogen and oxygen atoms in total. The number of carbonyl (C=O) groups is 1. The van der Waals surface area contributed by atoms with Gasteiger partial charge in [0, 0.05) is 17.9 Å². The quantitative estimate of drug-likeness (QED) is 0.557. The second-order valence-corrected chi connectivity index (χ2v) is 3.64. The van der Waals surface area contributed by atoms with Crippen LogP contribution in [-0.2, 0) is 11.2 Å². The second kappa shape index (κ2) is 3.77. The van der Waals surface area contributed by atoms with Gasteiger partial charge in [0.1, 0.15) is 0 Å². The smallest absolute Gasteiger partial charge is 0.250 e. The van der Waals surface area contributed by atoms with Gasteiger partial charge in [-0.2, -0.15) is 0 Å². The van der Waals surface area contributed by atoms with E-state index in [1.54, 1.807) is 4.90 Å².